The zero-order valence-corrected chi connectivity index (χ0v) is 15.9. The molecule has 4 rings (SSSR count). The van der Waals surface area contributed by atoms with Crippen molar-refractivity contribution in [2.75, 3.05) is 5.32 Å². The van der Waals surface area contributed by atoms with Gasteiger partial charge in [0.2, 0.25) is 17.4 Å². The lowest BCUT2D eigenvalue weighted by Crippen LogP contribution is -2.99. The van der Waals surface area contributed by atoms with Crippen LogP contribution in [-0.4, -0.2) is 34.2 Å². The van der Waals surface area contributed by atoms with Crippen LogP contribution in [0, 0.1) is 17.8 Å². The van der Waals surface area contributed by atoms with E-state index >= 15 is 0 Å². The number of amides is 3. The Labute approximate surface area is 153 Å². The minimum absolute atomic E-state index is 0.110. The third kappa shape index (κ3) is 1.93. The molecule has 138 valence electrons. The smallest absolute Gasteiger partial charge is 0.291 e. The van der Waals surface area contributed by atoms with Crippen molar-refractivity contribution in [1.29, 1.82) is 0 Å². The Hall–Kier alpha value is -2.21. The summed E-state index contributed by atoms with van der Waals surface area (Å²) in [6, 6.07) is 7.40. The summed E-state index contributed by atoms with van der Waals surface area (Å²) in [5.41, 5.74) is -0.0925. The molecule has 3 aliphatic heterocycles. The molecule has 3 aliphatic rings. The SMILES string of the molecule is CC(C)[C@@H]1[NH2+][C@@]2(C(=O)Nc3ccccc32)[C@@H]2C(=O)N(C(C)(C)C)C(=O)[C@@H]21. The second-order valence-corrected chi connectivity index (χ2v) is 9.04. The lowest BCUT2D eigenvalue weighted by atomic mass is 9.76. The number of hydrogen-bond donors (Lipinski definition) is 2. The molecular formula is C20H26N3O3+. The van der Waals surface area contributed by atoms with Crippen molar-refractivity contribution in [2.45, 2.75) is 51.7 Å². The number of quaternary nitrogens is 1. The maximum atomic E-state index is 13.4. The molecule has 1 spiro atoms. The third-order valence-electron chi connectivity index (χ3n) is 6.15. The minimum Gasteiger partial charge on any atom is -0.326 e. The average molecular weight is 356 g/mol. The lowest BCUT2D eigenvalue weighted by molar-refractivity contribution is -0.738. The van der Waals surface area contributed by atoms with Crippen molar-refractivity contribution in [3.8, 4) is 0 Å². The molecule has 6 nitrogen and oxygen atoms in total. The van der Waals surface area contributed by atoms with Gasteiger partial charge in [0.25, 0.3) is 5.91 Å². The maximum absolute atomic E-state index is 13.4. The predicted octanol–water partition coefficient (Wildman–Crippen LogP) is 0.835. The van der Waals surface area contributed by atoms with Gasteiger partial charge in [-0.05, 0) is 26.8 Å². The first-order valence-corrected chi connectivity index (χ1v) is 9.25. The summed E-state index contributed by atoms with van der Waals surface area (Å²) in [4.78, 5) is 41.2. The zero-order chi connectivity index (χ0) is 19.0. The van der Waals surface area contributed by atoms with Crippen molar-refractivity contribution in [3.63, 3.8) is 0 Å². The molecule has 2 saturated heterocycles. The van der Waals surface area contributed by atoms with Gasteiger partial charge in [-0.2, -0.15) is 0 Å². The van der Waals surface area contributed by atoms with Gasteiger partial charge in [-0.1, -0.05) is 32.0 Å². The van der Waals surface area contributed by atoms with Gasteiger partial charge in [0.15, 0.2) is 0 Å². The van der Waals surface area contributed by atoms with Gasteiger partial charge in [-0.3, -0.25) is 19.3 Å². The molecule has 0 aromatic heterocycles. The molecule has 6 heteroatoms. The Kier molecular flexibility index (Phi) is 3.42. The normalized spacial score (nSPS) is 33.2. The zero-order valence-electron chi connectivity index (χ0n) is 15.9. The number of nitrogens with two attached hydrogens (primary N) is 1. The largest absolute Gasteiger partial charge is 0.326 e. The Morgan fingerprint density at radius 2 is 1.77 bits per heavy atom. The molecule has 3 amide bonds. The molecule has 0 radical (unpaired) electrons. The van der Waals surface area contributed by atoms with Gasteiger partial charge in [0.05, 0.1) is 5.69 Å². The molecule has 0 unspecified atom stereocenters. The number of hydrogen-bond acceptors (Lipinski definition) is 3. The molecule has 0 bridgehead atoms. The number of benzene rings is 1. The van der Waals surface area contributed by atoms with E-state index in [1.165, 1.54) is 4.90 Å². The fraction of sp³-hybridized carbons (Fsp3) is 0.550. The summed E-state index contributed by atoms with van der Waals surface area (Å²) in [5.74, 6) is -1.52. The van der Waals surface area contributed by atoms with Gasteiger partial charge >= 0.3 is 0 Å². The molecular weight excluding hydrogens is 330 g/mol. The first-order chi connectivity index (χ1) is 12.1. The summed E-state index contributed by atoms with van der Waals surface area (Å²) >= 11 is 0. The number of imide groups is 1. The number of fused-ring (bicyclic) bond motifs is 4. The molecule has 4 atom stereocenters. The molecule has 1 aromatic rings. The highest BCUT2D eigenvalue weighted by atomic mass is 16.2. The van der Waals surface area contributed by atoms with E-state index in [1.807, 2.05) is 64.2 Å². The molecule has 2 fully saturated rings. The first kappa shape index (κ1) is 17.2. The highest BCUT2D eigenvalue weighted by Gasteiger charge is 2.75. The van der Waals surface area contributed by atoms with E-state index in [0.29, 0.717) is 0 Å². The average Bonchev–Trinajstić information content (AvgIpc) is 3.12. The van der Waals surface area contributed by atoms with Crippen LogP contribution in [0.3, 0.4) is 0 Å². The van der Waals surface area contributed by atoms with Crippen molar-refractivity contribution in [2.24, 2.45) is 17.8 Å². The van der Waals surface area contributed by atoms with E-state index in [1.54, 1.807) is 0 Å². The van der Waals surface area contributed by atoms with Crippen LogP contribution < -0.4 is 10.6 Å². The van der Waals surface area contributed by atoms with Crippen LogP contribution in [0.15, 0.2) is 24.3 Å². The van der Waals surface area contributed by atoms with Crippen molar-refractivity contribution < 1.29 is 19.7 Å². The molecule has 1 aromatic carbocycles. The highest BCUT2D eigenvalue weighted by molar-refractivity contribution is 6.14. The number of carbonyl (C=O) groups excluding carboxylic acids is 3. The Morgan fingerprint density at radius 1 is 1.12 bits per heavy atom. The van der Waals surface area contributed by atoms with Crippen LogP contribution in [0.1, 0.15) is 40.2 Å². The van der Waals surface area contributed by atoms with E-state index in [2.05, 4.69) is 5.32 Å². The van der Waals surface area contributed by atoms with Crippen molar-refractivity contribution >= 4 is 23.4 Å². The van der Waals surface area contributed by atoms with E-state index < -0.39 is 22.9 Å². The summed E-state index contributed by atoms with van der Waals surface area (Å²) < 4.78 is 0. The van der Waals surface area contributed by atoms with Crippen molar-refractivity contribution in [3.05, 3.63) is 29.8 Å². The monoisotopic (exact) mass is 356 g/mol. The number of anilines is 1. The maximum Gasteiger partial charge on any atom is 0.291 e. The number of carbonyl (C=O) groups is 3. The van der Waals surface area contributed by atoms with Gasteiger partial charge in [0, 0.05) is 17.0 Å². The second-order valence-electron chi connectivity index (χ2n) is 9.04. The number of para-hydroxylation sites is 1. The van der Waals surface area contributed by atoms with Crippen LogP contribution in [0.5, 0.6) is 0 Å². The van der Waals surface area contributed by atoms with E-state index in [-0.39, 0.29) is 29.7 Å². The summed E-state index contributed by atoms with van der Waals surface area (Å²) in [6.07, 6.45) is 0. The Bertz CT molecular complexity index is 826. The van der Waals surface area contributed by atoms with Crippen LogP contribution in [-0.2, 0) is 19.9 Å². The van der Waals surface area contributed by atoms with Crippen LogP contribution in [0.4, 0.5) is 5.69 Å². The molecule has 0 aliphatic carbocycles. The van der Waals surface area contributed by atoms with E-state index in [9.17, 15) is 14.4 Å². The number of rotatable bonds is 1. The van der Waals surface area contributed by atoms with Crippen LogP contribution >= 0.6 is 0 Å². The summed E-state index contributed by atoms with van der Waals surface area (Å²) in [5, 5.41) is 4.93. The fourth-order valence-electron chi connectivity index (χ4n) is 5.11. The number of likely N-dealkylation sites (tertiary alicyclic amines) is 1. The summed E-state index contributed by atoms with van der Waals surface area (Å²) in [7, 11) is 0. The predicted molar refractivity (Wildman–Crippen MR) is 95.9 cm³/mol. The molecule has 3 heterocycles. The first-order valence-electron chi connectivity index (χ1n) is 9.25. The van der Waals surface area contributed by atoms with E-state index in [4.69, 9.17) is 0 Å². The van der Waals surface area contributed by atoms with Crippen LogP contribution in [0.25, 0.3) is 0 Å². The Balaban J connectivity index is 1.93. The molecule has 3 N–H and O–H groups in total. The third-order valence-corrected chi connectivity index (χ3v) is 6.15. The topological polar surface area (TPSA) is 83.1 Å². The van der Waals surface area contributed by atoms with Gasteiger partial charge in [0.1, 0.15) is 17.9 Å². The standard InChI is InChI=1S/C20H25N3O3/c1-10(2)15-13-14(17(25)23(16(13)24)19(3,4)5)20(22-15)11-8-6-7-9-12(11)21-18(20)26/h6-10,13-15,22H,1-5H3,(H,21,26)/p+1/t13-,14-,15-,20+/m0/s1. The van der Waals surface area contributed by atoms with Gasteiger partial charge in [-0.15, -0.1) is 0 Å². The highest BCUT2D eigenvalue weighted by Crippen LogP contribution is 2.50. The number of nitrogens with zero attached hydrogens (tertiary/aromatic N) is 1. The number of nitrogens with one attached hydrogen (secondary N) is 1. The van der Waals surface area contributed by atoms with Gasteiger partial charge in [-0.25, -0.2) is 0 Å². The van der Waals surface area contributed by atoms with Crippen molar-refractivity contribution in [1.82, 2.24) is 4.90 Å². The summed E-state index contributed by atoms with van der Waals surface area (Å²) in [6.45, 7) is 9.70. The molecule has 26 heavy (non-hydrogen) atoms. The molecule has 0 saturated carbocycles. The van der Waals surface area contributed by atoms with Crippen LogP contribution in [0.2, 0.25) is 0 Å². The minimum atomic E-state index is -1.05. The lowest BCUT2D eigenvalue weighted by Gasteiger charge is -2.33. The fourth-order valence-corrected chi connectivity index (χ4v) is 5.11. The second kappa shape index (κ2) is 5.16. The van der Waals surface area contributed by atoms with Gasteiger partial charge < -0.3 is 10.6 Å². The van der Waals surface area contributed by atoms with E-state index in [0.717, 1.165) is 11.3 Å². The Morgan fingerprint density at radius 3 is 2.38 bits per heavy atom. The quantitative estimate of drug-likeness (QED) is 0.732.